The molecule has 2 aliphatic rings. The Bertz CT molecular complexity index is 495. The maximum atomic E-state index is 12.1. The summed E-state index contributed by atoms with van der Waals surface area (Å²) >= 11 is 0. The number of carbonyl (C=O) groups is 1. The number of nitrogens with one attached hydrogen (secondary N) is 1. The van der Waals surface area contributed by atoms with E-state index in [0.717, 1.165) is 50.8 Å². The number of phenols is 1. The third kappa shape index (κ3) is 2.80. The Morgan fingerprint density at radius 3 is 2.90 bits per heavy atom. The van der Waals surface area contributed by atoms with Gasteiger partial charge >= 0.3 is 0 Å². The van der Waals surface area contributed by atoms with E-state index in [9.17, 15) is 9.90 Å². The molecule has 20 heavy (non-hydrogen) atoms. The average molecular weight is 274 g/mol. The number of likely N-dealkylation sites (tertiary alicyclic amines) is 1. The molecule has 1 atom stereocenters. The maximum Gasteiger partial charge on any atom is 0.236 e. The van der Waals surface area contributed by atoms with E-state index in [1.165, 1.54) is 5.56 Å². The molecule has 1 fully saturated rings. The molecule has 2 N–H and O–H groups in total. The van der Waals surface area contributed by atoms with Gasteiger partial charge in [-0.05, 0) is 55.4 Å². The highest BCUT2D eigenvalue weighted by Crippen LogP contribution is 2.31. The van der Waals surface area contributed by atoms with Gasteiger partial charge < -0.3 is 15.3 Å². The molecule has 1 amide bonds. The summed E-state index contributed by atoms with van der Waals surface area (Å²) in [7, 11) is 0. The Morgan fingerprint density at radius 2 is 2.10 bits per heavy atom. The van der Waals surface area contributed by atoms with Gasteiger partial charge in [0.25, 0.3) is 0 Å². The van der Waals surface area contributed by atoms with Crippen LogP contribution in [0.3, 0.4) is 0 Å². The van der Waals surface area contributed by atoms with E-state index in [4.69, 9.17) is 0 Å². The van der Waals surface area contributed by atoms with Crippen LogP contribution in [0.5, 0.6) is 5.75 Å². The van der Waals surface area contributed by atoms with Crippen molar-refractivity contribution in [2.75, 3.05) is 19.6 Å². The van der Waals surface area contributed by atoms with E-state index < -0.39 is 0 Å². The molecule has 4 nitrogen and oxygen atoms in total. The molecule has 0 saturated carbocycles. The number of rotatable bonds is 3. The Morgan fingerprint density at radius 1 is 1.30 bits per heavy atom. The van der Waals surface area contributed by atoms with Crippen LogP contribution in [0.4, 0.5) is 0 Å². The number of amides is 1. The fraction of sp³-hybridized carbons (Fsp3) is 0.562. The number of benzene rings is 1. The van der Waals surface area contributed by atoms with Crippen LogP contribution in [0, 0.1) is 0 Å². The van der Waals surface area contributed by atoms with Crippen LogP contribution in [0.2, 0.25) is 0 Å². The number of fused-ring (bicyclic) bond motifs is 1. The van der Waals surface area contributed by atoms with E-state index in [2.05, 4.69) is 5.32 Å². The van der Waals surface area contributed by atoms with Gasteiger partial charge in [-0.2, -0.15) is 0 Å². The Hall–Kier alpha value is -1.55. The number of hydrogen-bond acceptors (Lipinski definition) is 3. The molecule has 0 bridgehead atoms. The lowest BCUT2D eigenvalue weighted by molar-refractivity contribution is -0.129. The summed E-state index contributed by atoms with van der Waals surface area (Å²) in [5.41, 5.74) is 2.45. The first kappa shape index (κ1) is 13.4. The molecule has 1 unspecified atom stereocenters. The number of hydrogen-bond donors (Lipinski definition) is 2. The molecule has 3 rings (SSSR count). The molecule has 1 aromatic carbocycles. The molecular formula is C16H22N2O2. The largest absolute Gasteiger partial charge is 0.508 e. The Labute approximate surface area is 119 Å². The molecular weight excluding hydrogens is 252 g/mol. The fourth-order valence-electron chi connectivity index (χ4n) is 3.29. The second-order valence-corrected chi connectivity index (χ2v) is 5.80. The van der Waals surface area contributed by atoms with Crippen molar-refractivity contribution in [3.05, 3.63) is 29.3 Å². The van der Waals surface area contributed by atoms with Crippen LogP contribution < -0.4 is 5.32 Å². The average Bonchev–Trinajstić information content (AvgIpc) is 2.99. The van der Waals surface area contributed by atoms with Gasteiger partial charge in [0.2, 0.25) is 5.91 Å². The second-order valence-electron chi connectivity index (χ2n) is 5.80. The maximum absolute atomic E-state index is 12.1. The van der Waals surface area contributed by atoms with Gasteiger partial charge in [-0.25, -0.2) is 0 Å². The third-order valence-corrected chi connectivity index (χ3v) is 4.40. The van der Waals surface area contributed by atoms with E-state index in [0.29, 0.717) is 12.3 Å². The van der Waals surface area contributed by atoms with Crippen molar-refractivity contribution < 1.29 is 9.90 Å². The standard InChI is InChI=1S/C16H22N2O2/c19-13-7-6-12-4-3-5-15(14(12)10-13)17-11-16(20)18-8-1-2-9-18/h6-7,10,15,17,19H,1-5,8-9,11H2. The fourth-order valence-corrected chi connectivity index (χ4v) is 3.29. The summed E-state index contributed by atoms with van der Waals surface area (Å²) in [6.45, 7) is 2.21. The molecule has 1 heterocycles. The van der Waals surface area contributed by atoms with Crippen molar-refractivity contribution >= 4 is 5.91 Å². The van der Waals surface area contributed by atoms with Crippen molar-refractivity contribution in [3.8, 4) is 5.75 Å². The third-order valence-electron chi connectivity index (χ3n) is 4.40. The summed E-state index contributed by atoms with van der Waals surface area (Å²) in [6.07, 6.45) is 5.49. The first-order valence-corrected chi connectivity index (χ1v) is 7.57. The Balaban J connectivity index is 1.64. The SMILES string of the molecule is O=C(CNC1CCCc2ccc(O)cc21)N1CCCC1. The van der Waals surface area contributed by atoms with Crippen molar-refractivity contribution in [1.29, 1.82) is 0 Å². The molecule has 0 aromatic heterocycles. The van der Waals surface area contributed by atoms with Crippen LogP contribution in [0.1, 0.15) is 42.9 Å². The zero-order valence-electron chi connectivity index (χ0n) is 11.8. The van der Waals surface area contributed by atoms with E-state index in [1.54, 1.807) is 6.07 Å². The predicted octanol–water partition coefficient (Wildman–Crippen LogP) is 1.98. The molecule has 0 radical (unpaired) electrons. The number of aromatic hydroxyl groups is 1. The van der Waals surface area contributed by atoms with E-state index >= 15 is 0 Å². The van der Waals surface area contributed by atoms with E-state index in [1.807, 2.05) is 17.0 Å². The lowest BCUT2D eigenvalue weighted by Crippen LogP contribution is -2.38. The Kier molecular flexibility index (Phi) is 3.92. The lowest BCUT2D eigenvalue weighted by Gasteiger charge is -2.27. The van der Waals surface area contributed by atoms with E-state index in [-0.39, 0.29) is 11.9 Å². The normalized spacial score (nSPS) is 21.8. The molecule has 1 saturated heterocycles. The second kappa shape index (κ2) is 5.83. The quantitative estimate of drug-likeness (QED) is 0.886. The highest BCUT2D eigenvalue weighted by atomic mass is 16.3. The summed E-state index contributed by atoms with van der Waals surface area (Å²) in [4.78, 5) is 14.0. The van der Waals surface area contributed by atoms with Gasteiger partial charge in [-0.15, -0.1) is 0 Å². The minimum absolute atomic E-state index is 0.192. The monoisotopic (exact) mass is 274 g/mol. The zero-order valence-corrected chi connectivity index (χ0v) is 11.8. The summed E-state index contributed by atoms with van der Waals surface area (Å²) < 4.78 is 0. The van der Waals surface area contributed by atoms with Gasteiger partial charge in [0.1, 0.15) is 5.75 Å². The van der Waals surface area contributed by atoms with Gasteiger partial charge in [-0.3, -0.25) is 4.79 Å². The summed E-state index contributed by atoms with van der Waals surface area (Å²) in [6, 6.07) is 5.78. The van der Waals surface area contributed by atoms with Gasteiger partial charge in [-0.1, -0.05) is 6.07 Å². The molecule has 4 heteroatoms. The molecule has 1 aliphatic heterocycles. The number of aryl methyl sites for hydroxylation is 1. The van der Waals surface area contributed by atoms with Crippen LogP contribution in [-0.2, 0) is 11.2 Å². The molecule has 0 spiro atoms. The minimum Gasteiger partial charge on any atom is -0.508 e. The van der Waals surface area contributed by atoms with Crippen molar-refractivity contribution in [2.24, 2.45) is 0 Å². The number of phenolic OH excluding ortho intramolecular Hbond substituents is 1. The van der Waals surface area contributed by atoms with Crippen molar-refractivity contribution in [1.82, 2.24) is 10.2 Å². The summed E-state index contributed by atoms with van der Waals surface area (Å²) in [5, 5.41) is 13.0. The van der Waals surface area contributed by atoms with Crippen LogP contribution in [0.15, 0.2) is 18.2 Å². The van der Waals surface area contributed by atoms with Crippen LogP contribution in [0.25, 0.3) is 0 Å². The first-order chi connectivity index (χ1) is 9.74. The van der Waals surface area contributed by atoms with Crippen LogP contribution in [-0.4, -0.2) is 35.5 Å². The lowest BCUT2D eigenvalue weighted by atomic mass is 9.87. The molecule has 1 aromatic rings. The van der Waals surface area contributed by atoms with Gasteiger partial charge in [0, 0.05) is 19.1 Å². The highest BCUT2D eigenvalue weighted by molar-refractivity contribution is 5.78. The first-order valence-electron chi connectivity index (χ1n) is 7.57. The topological polar surface area (TPSA) is 52.6 Å². The van der Waals surface area contributed by atoms with Gasteiger partial charge in [0.05, 0.1) is 6.54 Å². The minimum atomic E-state index is 0.192. The number of carbonyl (C=O) groups excluding carboxylic acids is 1. The van der Waals surface area contributed by atoms with Crippen molar-refractivity contribution in [2.45, 2.75) is 38.1 Å². The van der Waals surface area contributed by atoms with Crippen molar-refractivity contribution in [3.63, 3.8) is 0 Å². The number of nitrogens with zero attached hydrogens (tertiary/aromatic N) is 1. The van der Waals surface area contributed by atoms with Gasteiger partial charge in [0.15, 0.2) is 0 Å². The molecule has 108 valence electrons. The summed E-state index contributed by atoms with van der Waals surface area (Å²) in [5.74, 6) is 0.512. The molecule has 1 aliphatic carbocycles. The highest BCUT2D eigenvalue weighted by Gasteiger charge is 2.23. The predicted molar refractivity (Wildman–Crippen MR) is 77.6 cm³/mol. The zero-order chi connectivity index (χ0) is 13.9. The smallest absolute Gasteiger partial charge is 0.236 e. The van der Waals surface area contributed by atoms with Crippen LogP contribution >= 0.6 is 0 Å².